The zero-order valence-electron chi connectivity index (χ0n) is 15.4. The molecule has 0 bridgehead atoms. The Hall–Kier alpha value is -3.22. The number of hydrogen-bond donors (Lipinski definition) is 2. The minimum atomic E-state index is -0.819. The molecule has 7 heteroatoms. The van der Waals surface area contributed by atoms with Crippen LogP contribution in [0.25, 0.3) is 0 Å². The van der Waals surface area contributed by atoms with E-state index in [1.165, 1.54) is 6.07 Å². The van der Waals surface area contributed by atoms with E-state index in [9.17, 15) is 18.8 Å². The molecule has 6 nitrogen and oxygen atoms in total. The number of aryl methyl sites for hydroxylation is 1. The third kappa shape index (κ3) is 4.36. The zero-order chi connectivity index (χ0) is 20.3. The normalized spacial score (nSPS) is 14.6. The number of rotatable bonds is 4. The average molecular weight is 384 g/mol. The van der Waals surface area contributed by atoms with Crippen LogP contribution in [0.2, 0.25) is 0 Å². The second-order valence-corrected chi connectivity index (χ2v) is 6.90. The van der Waals surface area contributed by atoms with Crippen LogP contribution < -0.4 is 5.32 Å². The molecule has 0 aromatic heterocycles. The average Bonchev–Trinajstić information content (AvgIpc) is 2.70. The number of carbonyl (C=O) groups excluding carboxylic acids is 2. The van der Waals surface area contributed by atoms with Gasteiger partial charge in [-0.05, 0) is 61.7 Å². The highest BCUT2D eigenvalue weighted by Gasteiger charge is 2.27. The van der Waals surface area contributed by atoms with Gasteiger partial charge in [-0.25, -0.2) is 4.39 Å². The summed E-state index contributed by atoms with van der Waals surface area (Å²) in [5, 5.41) is 11.7. The van der Waals surface area contributed by atoms with Gasteiger partial charge in [0, 0.05) is 29.9 Å². The predicted octanol–water partition coefficient (Wildman–Crippen LogP) is 3.32. The maximum atomic E-state index is 13.6. The fourth-order valence-electron chi connectivity index (χ4n) is 3.15. The molecule has 1 aliphatic heterocycles. The van der Waals surface area contributed by atoms with Gasteiger partial charge < -0.3 is 15.3 Å². The molecule has 2 aromatic carbocycles. The van der Waals surface area contributed by atoms with E-state index in [4.69, 9.17) is 5.11 Å². The van der Waals surface area contributed by atoms with Crippen LogP contribution in [0.3, 0.4) is 0 Å². The first-order valence-corrected chi connectivity index (χ1v) is 9.05. The number of piperidine rings is 1. The fourth-order valence-corrected chi connectivity index (χ4v) is 3.15. The predicted molar refractivity (Wildman–Crippen MR) is 102 cm³/mol. The van der Waals surface area contributed by atoms with Gasteiger partial charge >= 0.3 is 5.97 Å². The number of nitrogens with zero attached hydrogens (tertiary/aromatic N) is 1. The summed E-state index contributed by atoms with van der Waals surface area (Å²) >= 11 is 0. The highest BCUT2D eigenvalue weighted by Crippen LogP contribution is 2.20. The van der Waals surface area contributed by atoms with Gasteiger partial charge in [-0.2, -0.15) is 0 Å². The van der Waals surface area contributed by atoms with Crippen molar-refractivity contribution >= 4 is 23.5 Å². The summed E-state index contributed by atoms with van der Waals surface area (Å²) < 4.78 is 13.6. The van der Waals surface area contributed by atoms with E-state index in [2.05, 4.69) is 5.32 Å². The molecule has 146 valence electrons. The molecule has 1 saturated heterocycles. The number of hydrogen-bond acceptors (Lipinski definition) is 3. The van der Waals surface area contributed by atoms with E-state index in [0.717, 1.165) is 0 Å². The number of anilines is 1. The summed E-state index contributed by atoms with van der Waals surface area (Å²) in [6.45, 7) is 2.44. The molecule has 1 fully saturated rings. The molecule has 0 saturated carbocycles. The summed E-state index contributed by atoms with van der Waals surface area (Å²) in [5.74, 6) is -2.26. The highest BCUT2D eigenvalue weighted by atomic mass is 19.1. The van der Waals surface area contributed by atoms with Gasteiger partial charge in [0.15, 0.2) is 0 Å². The van der Waals surface area contributed by atoms with Crippen LogP contribution in [0.15, 0.2) is 42.5 Å². The molecule has 1 aliphatic rings. The summed E-state index contributed by atoms with van der Waals surface area (Å²) in [6.07, 6.45) is 0.893. The third-order valence-electron chi connectivity index (χ3n) is 4.96. The number of carboxylic acid groups (broad SMARTS) is 1. The van der Waals surface area contributed by atoms with Gasteiger partial charge in [0.05, 0.1) is 5.92 Å². The van der Waals surface area contributed by atoms with Crippen molar-refractivity contribution < 1.29 is 23.9 Å². The molecule has 0 atom stereocenters. The van der Waals surface area contributed by atoms with Crippen molar-refractivity contribution in [2.24, 2.45) is 5.92 Å². The number of carbonyl (C=O) groups is 3. The minimum absolute atomic E-state index is 0.165. The van der Waals surface area contributed by atoms with Crippen LogP contribution in [0.1, 0.15) is 39.1 Å². The van der Waals surface area contributed by atoms with Crippen molar-refractivity contribution in [2.45, 2.75) is 19.8 Å². The van der Waals surface area contributed by atoms with E-state index >= 15 is 0 Å². The monoisotopic (exact) mass is 384 g/mol. The summed E-state index contributed by atoms with van der Waals surface area (Å²) in [4.78, 5) is 37.4. The Morgan fingerprint density at radius 1 is 1.04 bits per heavy atom. The molecule has 2 aromatic rings. The second-order valence-electron chi connectivity index (χ2n) is 6.90. The molecule has 0 spiro atoms. The van der Waals surface area contributed by atoms with E-state index in [-0.39, 0.29) is 11.5 Å². The van der Waals surface area contributed by atoms with Crippen molar-refractivity contribution in [3.05, 3.63) is 65.0 Å². The van der Waals surface area contributed by atoms with Crippen molar-refractivity contribution in [1.29, 1.82) is 0 Å². The molecule has 0 unspecified atom stereocenters. The van der Waals surface area contributed by atoms with Crippen LogP contribution in [-0.4, -0.2) is 40.9 Å². The Morgan fingerprint density at radius 3 is 2.21 bits per heavy atom. The van der Waals surface area contributed by atoms with E-state index in [1.807, 2.05) is 0 Å². The van der Waals surface area contributed by atoms with Gasteiger partial charge in [-0.15, -0.1) is 0 Å². The first kappa shape index (κ1) is 19.5. The quantitative estimate of drug-likeness (QED) is 0.847. The molecule has 2 amide bonds. The molecule has 0 radical (unpaired) electrons. The third-order valence-corrected chi connectivity index (χ3v) is 4.96. The van der Waals surface area contributed by atoms with Gasteiger partial charge in [0.2, 0.25) is 0 Å². The van der Waals surface area contributed by atoms with Gasteiger partial charge in [0.25, 0.3) is 11.8 Å². The van der Waals surface area contributed by atoms with Gasteiger partial charge in [-0.3, -0.25) is 14.4 Å². The Balaban J connectivity index is 1.61. The SMILES string of the molecule is Cc1ccc(C(=O)Nc2ccc(C(=O)N3CCC(C(=O)O)CC3)cc2)cc1F. The lowest BCUT2D eigenvalue weighted by atomic mass is 9.96. The lowest BCUT2D eigenvalue weighted by molar-refractivity contribution is -0.143. The van der Waals surface area contributed by atoms with E-state index in [1.54, 1.807) is 48.2 Å². The second kappa shape index (κ2) is 8.21. The Labute approximate surface area is 162 Å². The molecule has 3 rings (SSSR count). The van der Waals surface area contributed by atoms with Crippen LogP contribution >= 0.6 is 0 Å². The highest BCUT2D eigenvalue weighted by molar-refractivity contribution is 6.04. The summed E-state index contributed by atoms with van der Waals surface area (Å²) in [7, 11) is 0. The topological polar surface area (TPSA) is 86.7 Å². The standard InChI is InChI=1S/C21H21FN2O4/c1-13-2-3-16(12-18(13)22)19(25)23-17-6-4-14(5-7-17)20(26)24-10-8-15(9-11-24)21(27)28/h2-7,12,15H,8-11H2,1H3,(H,23,25)(H,27,28). The number of carboxylic acids is 1. The largest absolute Gasteiger partial charge is 0.481 e. The maximum Gasteiger partial charge on any atom is 0.306 e. The maximum absolute atomic E-state index is 13.6. The fraction of sp³-hybridized carbons (Fsp3) is 0.286. The minimum Gasteiger partial charge on any atom is -0.481 e. The van der Waals surface area contributed by atoms with E-state index in [0.29, 0.717) is 42.7 Å². The Morgan fingerprint density at radius 2 is 1.64 bits per heavy atom. The number of aliphatic carboxylic acids is 1. The number of benzene rings is 2. The molecular formula is C21H21FN2O4. The molecular weight excluding hydrogens is 363 g/mol. The molecule has 0 aliphatic carbocycles. The number of nitrogens with one attached hydrogen (secondary N) is 1. The van der Waals surface area contributed by atoms with Crippen LogP contribution in [-0.2, 0) is 4.79 Å². The zero-order valence-corrected chi connectivity index (χ0v) is 15.4. The lowest BCUT2D eigenvalue weighted by Crippen LogP contribution is -2.40. The smallest absolute Gasteiger partial charge is 0.306 e. The molecule has 28 heavy (non-hydrogen) atoms. The molecule has 2 N–H and O–H groups in total. The van der Waals surface area contributed by atoms with Crippen molar-refractivity contribution in [3.63, 3.8) is 0 Å². The van der Waals surface area contributed by atoms with Crippen molar-refractivity contribution in [3.8, 4) is 0 Å². The van der Waals surface area contributed by atoms with E-state index < -0.39 is 23.6 Å². The van der Waals surface area contributed by atoms with Crippen molar-refractivity contribution in [1.82, 2.24) is 4.90 Å². The summed E-state index contributed by atoms with van der Waals surface area (Å²) in [5.41, 5.74) is 1.64. The first-order chi connectivity index (χ1) is 13.3. The van der Waals surface area contributed by atoms with Crippen LogP contribution in [0.4, 0.5) is 10.1 Å². The van der Waals surface area contributed by atoms with Crippen molar-refractivity contribution in [2.75, 3.05) is 18.4 Å². The Kier molecular flexibility index (Phi) is 5.73. The number of halogens is 1. The molecule has 1 heterocycles. The summed E-state index contributed by atoms with van der Waals surface area (Å²) in [6, 6.07) is 10.7. The number of likely N-dealkylation sites (tertiary alicyclic amines) is 1. The lowest BCUT2D eigenvalue weighted by Gasteiger charge is -2.30. The van der Waals surface area contributed by atoms with Crippen LogP contribution in [0, 0.1) is 18.7 Å². The number of amides is 2. The first-order valence-electron chi connectivity index (χ1n) is 9.05. The van der Waals surface area contributed by atoms with Crippen LogP contribution in [0.5, 0.6) is 0 Å². The van der Waals surface area contributed by atoms with Gasteiger partial charge in [-0.1, -0.05) is 6.07 Å². The Bertz CT molecular complexity index is 903. The van der Waals surface area contributed by atoms with Gasteiger partial charge in [0.1, 0.15) is 5.82 Å².